The van der Waals surface area contributed by atoms with Crippen molar-refractivity contribution in [3.63, 3.8) is 0 Å². The molecule has 1 atom stereocenters. The van der Waals surface area contributed by atoms with Gasteiger partial charge in [-0.25, -0.2) is 0 Å². The van der Waals surface area contributed by atoms with Crippen LogP contribution in [0.4, 0.5) is 0 Å². The Kier molecular flexibility index (Phi) is 3.91. The molecule has 5 heteroatoms. The van der Waals surface area contributed by atoms with E-state index in [1.54, 1.807) is 16.5 Å². The maximum absolute atomic E-state index is 12.5. The van der Waals surface area contributed by atoms with E-state index < -0.39 is 5.60 Å². The molecule has 1 amide bonds. The van der Waals surface area contributed by atoms with Gasteiger partial charge in [-0.15, -0.1) is 0 Å². The van der Waals surface area contributed by atoms with E-state index in [1.165, 1.54) is 5.56 Å². The van der Waals surface area contributed by atoms with Gasteiger partial charge in [-0.2, -0.15) is 5.10 Å². The normalized spacial score (nSPS) is 24.6. The first-order valence-electron chi connectivity index (χ1n) is 7.62. The zero-order valence-corrected chi connectivity index (χ0v) is 14.0. The predicted molar refractivity (Wildman–Crippen MR) is 82.1 cm³/mol. The van der Waals surface area contributed by atoms with E-state index in [0.29, 0.717) is 13.1 Å². The third-order valence-corrected chi connectivity index (χ3v) is 5.07. The van der Waals surface area contributed by atoms with Crippen molar-refractivity contribution < 1.29 is 9.90 Å². The highest BCUT2D eigenvalue weighted by molar-refractivity contribution is 5.76. The molecule has 1 aliphatic rings. The van der Waals surface area contributed by atoms with Crippen LogP contribution in [0, 0.1) is 19.3 Å². The molecule has 1 saturated heterocycles. The van der Waals surface area contributed by atoms with Gasteiger partial charge in [0.05, 0.1) is 11.3 Å². The zero-order valence-electron chi connectivity index (χ0n) is 14.0. The molecule has 2 rings (SSSR count). The summed E-state index contributed by atoms with van der Waals surface area (Å²) in [5, 5.41) is 14.9. The molecule has 0 bridgehead atoms. The van der Waals surface area contributed by atoms with Crippen molar-refractivity contribution in [3.8, 4) is 0 Å². The van der Waals surface area contributed by atoms with Crippen molar-refractivity contribution in [3.05, 3.63) is 17.0 Å². The van der Waals surface area contributed by atoms with Crippen LogP contribution in [0.2, 0.25) is 0 Å². The fraction of sp³-hybridized carbons (Fsp3) is 0.750. The first kappa shape index (κ1) is 16.0. The molecule has 118 valence electrons. The van der Waals surface area contributed by atoms with E-state index in [4.69, 9.17) is 0 Å². The number of carbonyl (C=O) groups excluding carboxylic acids is 1. The molecule has 2 heterocycles. The average molecular weight is 293 g/mol. The minimum absolute atomic E-state index is 0.0223. The summed E-state index contributed by atoms with van der Waals surface area (Å²) in [6.07, 6.45) is 0.928. The van der Waals surface area contributed by atoms with Crippen molar-refractivity contribution in [1.29, 1.82) is 0 Å². The quantitative estimate of drug-likeness (QED) is 0.922. The first-order valence-corrected chi connectivity index (χ1v) is 7.62. The van der Waals surface area contributed by atoms with Crippen LogP contribution in [0.25, 0.3) is 0 Å². The van der Waals surface area contributed by atoms with Gasteiger partial charge in [-0.3, -0.25) is 9.48 Å². The Morgan fingerprint density at radius 2 is 1.90 bits per heavy atom. The molecule has 21 heavy (non-hydrogen) atoms. The van der Waals surface area contributed by atoms with E-state index in [2.05, 4.69) is 12.0 Å². The number of aryl methyl sites for hydroxylation is 1. The van der Waals surface area contributed by atoms with Crippen LogP contribution in [0.1, 0.15) is 44.6 Å². The highest BCUT2D eigenvalue weighted by Gasteiger charge is 2.49. The van der Waals surface area contributed by atoms with E-state index in [1.807, 2.05) is 27.7 Å². The van der Waals surface area contributed by atoms with Crippen LogP contribution in [-0.4, -0.2) is 44.4 Å². The van der Waals surface area contributed by atoms with Crippen molar-refractivity contribution in [2.75, 3.05) is 13.1 Å². The largest absolute Gasteiger partial charge is 0.388 e. The van der Waals surface area contributed by atoms with Gasteiger partial charge < -0.3 is 10.0 Å². The fourth-order valence-electron chi connectivity index (χ4n) is 3.09. The van der Waals surface area contributed by atoms with E-state index in [0.717, 1.165) is 17.8 Å². The summed E-state index contributed by atoms with van der Waals surface area (Å²) in [5.74, 6) is 0.0223. The van der Waals surface area contributed by atoms with Gasteiger partial charge in [0.15, 0.2) is 0 Å². The Labute approximate surface area is 126 Å². The summed E-state index contributed by atoms with van der Waals surface area (Å²) in [5.41, 5.74) is 2.15. The van der Waals surface area contributed by atoms with Crippen LogP contribution in [0.3, 0.4) is 0 Å². The van der Waals surface area contributed by atoms with Gasteiger partial charge in [0.2, 0.25) is 5.91 Å². The average Bonchev–Trinajstić information content (AvgIpc) is 2.73. The molecular formula is C16H27N3O2. The Bertz CT molecular complexity index is 542. The molecule has 1 aliphatic heterocycles. The number of rotatable bonds is 3. The summed E-state index contributed by atoms with van der Waals surface area (Å²) in [7, 11) is 0. The van der Waals surface area contributed by atoms with Gasteiger partial charge in [0, 0.05) is 24.2 Å². The zero-order chi connectivity index (χ0) is 16.0. The summed E-state index contributed by atoms with van der Waals surface area (Å²) in [6, 6.07) is 0. The third-order valence-electron chi connectivity index (χ3n) is 5.07. The first-order chi connectivity index (χ1) is 9.59. The topological polar surface area (TPSA) is 58.4 Å². The van der Waals surface area contributed by atoms with Gasteiger partial charge in [0.1, 0.15) is 6.54 Å². The Hall–Kier alpha value is -1.36. The maximum Gasteiger partial charge on any atom is 0.244 e. The predicted octanol–water partition coefficient (Wildman–Crippen LogP) is 1.68. The number of hydrogen-bond acceptors (Lipinski definition) is 3. The highest BCUT2D eigenvalue weighted by Crippen LogP contribution is 2.38. The van der Waals surface area contributed by atoms with Crippen molar-refractivity contribution >= 4 is 5.91 Å². The minimum Gasteiger partial charge on any atom is -0.388 e. The lowest BCUT2D eigenvalue weighted by molar-refractivity contribution is -0.131. The smallest absolute Gasteiger partial charge is 0.244 e. The molecule has 1 N–H and O–H groups in total. The Balaban J connectivity index is 2.14. The van der Waals surface area contributed by atoms with Gasteiger partial charge >= 0.3 is 0 Å². The van der Waals surface area contributed by atoms with Crippen LogP contribution in [0.15, 0.2) is 0 Å². The van der Waals surface area contributed by atoms with Gasteiger partial charge in [-0.1, -0.05) is 20.8 Å². The van der Waals surface area contributed by atoms with Gasteiger partial charge in [-0.05, 0) is 32.8 Å². The third kappa shape index (κ3) is 2.71. The number of aliphatic hydroxyl groups is 1. The van der Waals surface area contributed by atoms with Crippen LogP contribution in [-0.2, 0) is 17.8 Å². The number of nitrogens with zero attached hydrogens (tertiary/aromatic N) is 3. The Morgan fingerprint density at radius 3 is 2.33 bits per heavy atom. The summed E-state index contributed by atoms with van der Waals surface area (Å²) >= 11 is 0. The number of β-amino-alcohol motifs (C(OH)–C–C–N with tert-alkyl or cyclic N) is 1. The molecule has 1 aromatic heterocycles. The lowest BCUT2D eigenvalue weighted by Crippen LogP contribution is -2.40. The lowest BCUT2D eigenvalue weighted by Gasteiger charge is -2.30. The van der Waals surface area contributed by atoms with Crippen LogP contribution >= 0.6 is 0 Å². The molecule has 0 aliphatic carbocycles. The van der Waals surface area contributed by atoms with Crippen LogP contribution < -0.4 is 0 Å². The number of amides is 1. The molecule has 0 unspecified atom stereocenters. The maximum atomic E-state index is 12.5. The van der Waals surface area contributed by atoms with E-state index in [-0.39, 0.29) is 17.9 Å². The molecule has 1 aromatic rings. The lowest BCUT2D eigenvalue weighted by atomic mass is 9.79. The number of carbonyl (C=O) groups is 1. The van der Waals surface area contributed by atoms with Gasteiger partial charge in [0.25, 0.3) is 0 Å². The summed E-state index contributed by atoms with van der Waals surface area (Å²) in [4.78, 5) is 14.3. The number of hydrogen-bond donors (Lipinski definition) is 1. The monoisotopic (exact) mass is 293 g/mol. The van der Waals surface area contributed by atoms with Crippen molar-refractivity contribution in [1.82, 2.24) is 14.7 Å². The molecule has 0 saturated carbocycles. The summed E-state index contributed by atoms with van der Waals surface area (Å²) < 4.78 is 1.79. The van der Waals surface area contributed by atoms with Crippen molar-refractivity contribution in [2.45, 2.75) is 60.1 Å². The Morgan fingerprint density at radius 1 is 1.29 bits per heavy atom. The second-order valence-corrected chi connectivity index (χ2v) is 7.07. The molecule has 1 fully saturated rings. The van der Waals surface area contributed by atoms with E-state index in [9.17, 15) is 9.90 Å². The minimum atomic E-state index is -0.841. The molecule has 0 spiro atoms. The second-order valence-electron chi connectivity index (χ2n) is 7.07. The SMILES string of the molecule is CCc1c(C)nn(CC(=O)N2CC(C)(C)[C@](C)(O)C2)c1C. The molecular weight excluding hydrogens is 266 g/mol. The molecule has 0 radical (unpaired) electrons. The standard InChI is InChI=1S/C16H27N3O2/c1-7-13-11(2)17-19(12(13)3)8-14(20)18-9-15(4,5)16(6,21)10-18/h21H,7-10H2,1-6H3/t16-/m1/s1. The second kappa shape index (κ2) is 5.13. The number of likely N-dealkylation sites (tertiary alicyclic amines) is 1. The highest BCUT2D eigenvalue weighted by atomic mass is 16.3. The fourth-order valence-corrected chi connectivity index (χ4v) is 3.09. The molecule has 5 nitrogen and oxygen atoms in total. The summed E-state index contributed by atoms with van der Waals surface area (Å²) in [6.45, 7) is 13.1. The van der Waals surface area contributed by atoms with Crippen LogP contribution in [0.5, 0.6) is 0 Å². The van der Waals surface area contributed by atoms with E-state index >= 15 is 0 Å². The van der Waals surface area contributed by atoms with Crippen molar-refractivity contribution in [2.24, 2.45) is 5.41 Å². The number of aromatic nitrogens is 2. The molecule has 0 aromatic carbocycles.